The van der Waals surface area contributed by atoms with Crippen LogP contribution in [0.25, 0.3) is 32.0 Å². The summed E-state index contributed by atoms with van der Waals surface area (Å²) in [4.78, 5) is 103. The molecule has 90 heavy (non-hydrogen) atoms. The first-order valence-corrected chi connectivity index (χ1v) is 29.5. The van der Waals surface area contributed by atoms with Gasteiger partial charge in [-0.1, -0.05) is 170 Å². The zero-order valence-electron chi connectivity index (χ0n) is 46.9. The number of nitrogens with zero attached hydrogens (tertiary/aromatic N) is 6. The largest absolute Gasteiger partial charge is 0.459 e. The molecule has 2 heterocycles. The number of benzene rings is 7. The van der Waals surface area contributed by atoms with Gasteiger partial charge in [-0.25, -0.2) is 9.98 Å². The summed E-state index contributed by atoms with van der Waals surface area (Å²) >= 11 is 1.88. The zero-order valence-corrected chi connectivity index (χ0v) is 48.5. The van der Waals surface area contributed by atoms with Crippen molar-refractivity contribution in [3.63, 3.8) is 0 Å². The van der Waals surface area contributed by atoms with E-state index in [4.69, 9.17) is 28.9 Å². The molecule has 7 aromatic carbocycles. The molecule has 0 fully saturated rings. The van der Waals surface area contributed by atoms with Crippen molar-refractivity contribution in [2.24, 2.45) is 9.98 Å². The number of carbonyl (C=O) groups excluding carboxylic acids is 6. The van der Waals surface area contributed by atoms with E-state index in [0.29, 0.717) is 33.4 Å². The molecule has 16 nitrogen and oxygen atoms in total. The molecular weight excluding hydrogens is 1170 g/mol. The lowest BCUT2D eigenvalue weighted by Crippen LogP contribution is -2.46. The molecule has 0 spiro atoms. The zero-order chi connectivity index (χ0) is 62.3. The lowest BCUT2D eigenvalue weighted by molar-refractivity contribution is -0.166. The number of ether oxygens (including phenoxy) is 4. The van der Waals surface area contributed by atoms with Crippen LogP contribution in [0.4, 0.5) is 10.0 Å². The van der Waals surface area contributed by atoms with Gasteiger partial charge in [-0.2, -0.15) is 21.0 Å². The van der Waals surface area contributed by atoms with E-state index in [9.17, 15) is 30.6 Å². The first-order chi connectivity index (χ1) is 43.9. The van der Waals surface area contributed by atoms with Crippen molar-refractivity contribution in [3.05, 3.63) is 272 Å². The number of aliphatic imine (C=N–C) groups is 2. The van der Waals surface area contributed by atoms with Gasteiger partial charge in [-0.3, -0.25) is 28.8 Å². The maximum absolute atomic E-state index is 15.9. The minimum absolute atomic E-state index is 0.00310. The number of hydrogen-bond donors (Lipinski definition) is 0. The molecule has 0 saturated carbocycles. The Labute approximate surface area is 521 Å². The van der Waals surface area contributed by atoms with E-state index in [0.717, 1.165) is 22.7 Å². The van der Waals surface area contributed by atoms with Crippen LogP contribution in [-0.4, -0.2) is 46.9 Å². The van der Waals surface area contributed by atoms with Crippen LogP contribution < -0.4 is 0 Å². The molecule has 13 rings (SSSR count). The van der Waals surface area contributed by atoms with Gasteiger partial charge in [0.2, 0.25) is 22.4 Å². The number of nitriles is 4. The maximum Gasteiger partial charge on any atom is 0.333 e. The lowest BCUT2D eigenvalue weighted by Gasteiger charge is -2.29. The van der Waals surface area contributed by atoms with E-state index in [1.54, 1.807) is 170 Å². The Bertz CT molecular complexity index is 4450. The fourth-order valence-electron chi connectivity index (χ4n) is 11.8. The normalized spacial score (nSPS) is 14.8. The summed E-state index contributed by atoms with van der Waals surface area (Å²) in [6, 6.07) is 61.4. The molecule has 2 aromatic heterocycles. The quantitative estimate of drug-likeness (QED) is 0.0424. The van der Waals surface area contributed by atoms with Crippen LogP contribution in [0.15, 0.2) is 215 Å². The Morgan fingerprint density at radius 3 is 0.933 bits per heavy atom. The number of allylic oxidation sites excluding steroid dienone is 4. The van der Waals surface area contributed by atoms with Crippen LogP contribution >= 0.6 is 22.7 Å². The molecule has 0 bridgehead atoms. The molecule has 4 aliphatic rings. The highest BCUT2D eigenvalue weighted by Gasteiger charge is 2.64. The van der Waals surface area contributed by atoms with Gasteiger partial charge in [0.05, 0.1) is 0 Å². The Hall–Kier alpha value is -12.1. The average molecular weight is 1210 g/mol. The van der Waals surface area contributed by atoms with Crippen molar-refractivity contribution in [1.29, 1.82) is 21.0 Å². The Kier molecular flexibility index (Phi) is 14.8. The summed E-state index contributed by atoms with van der Waals surface area (Å²) in [5.74, 6) is -5.59. The second kappa shape index (κ2) is 23.3. The number of rotatable bonds is 14. The van der Waals surface area contributed by atoms with E-state index in [2.05, 4.69) is 0 Å². The second-order valence-corrected chi connectivity index (χ2v) is 23.0. The van der Waals surface area contributed by atoms with Gasteiger partial charge < -0.3 is 18.9 Å². The highest BCUT2D eigenvalue weighted by atomic mass is 32.1. The molecular formula is C72H40N6O10S2. The molecule has 0 aliphatic heterocycles. The van der Waals surface area contributed by atoms with Crippen molar-refractivity contribution in [1.82, 2.24) is 0 Å². The van der Waals surface area contributed by atoms with Crippen LogP contribution in [0.5, 0.6) is 0 Å². The predicted molar refractivity (Wildman–Crippen MR) is 332 cm³/mol. The van der Waals surface area contributed by atoms with Gasteiger partial charge in [-0.15, -0.1) is 22.7 Å². The average Bonchev–Trinajstić information content (AvgIpc) is 1.51. The molecule has 0 unspecified atom stereocenters. The molecule has 0 saturated heterocycles. The summed E-state index contributed by atoms with van der Waals surface area (Å²) in [5, 5.41) is 41.0. The number of carbonyl (C=O) groups is 6. The number of ketones is 2. The first kappa shape index (κ1) is 57.0. The molecule has 430 valence electrons. The maximum atomic E-state index is 15.9. The molecule has 18 heteroatoms. The molecule has 0 atom stereocenters. The van der Waals surface area contributed by atoms with E-state index < -0.39 is 46.3 Å². The summed E-state index contributed by atoms with van der Waals surface area (Å²) < 4.78 is 25.0. The van der Waals surface area contributed by atoms with Crippen molar-refractivity contribution in [2.75, 3.05) is 0 Å². The molecule has 0 radical (unpaired) electrons. The smallest absolute Gasteiger partial charge is 0.333 e. The highest BCUT2D eigenvalue weighted by Crippen LogP contribution is 2.62. The number of esters is 4. The van der Waals surface area contributed by atoms with E-state index in [1.807, 2.05) is 24.3 Å². The fourth-order valence-corrected chi connectivity index (χ4v) is 14.1. The van der Waals surface area contributed by atoms with Gasteiger partial charge >= 0.3 is 23.9 Å². The van der Waals surface area contributed by atoms with Gasteiger partial charge in [0, 0.05) is 43.2 Å². The van der Waals surface area contributed by atoms with Gasteiger partial charge in [0.25, 0.3) is 0 Å². The minimum Gasteiger partial charge on any atom is -0.459 e. The summed E-state index contributed by atoms with van der Waals surface area (Å²) in [7, 11) is 0. The molecule has 0 amide bonds. The highest BCUT2D eigenvalue weighted by molar-refractivity contribution is 7.20. The third-order valence-electron chi connectivity index (χ3n) is 16.0. The van der Waals surface area contributed by atoms with E-state index in [-0.39, 0.29) is 124 Å². The Morgan fingerprint density at radius 1 is 0.367 bits per heavy atom. The predicted octanol–water partition coefficient (Wildman–Crippen LogP) is 12.9. The van der Waals surface area contributed by atoms with Crippen LogP contribution in [0.3, 0.4) is 0 Å². The van der Waals surface area contributed by atoms with Crippen LogP contribution in [0, 0.1) is 45.3 Å². The SMILES string of the molecule is N#CC(C#N)=C1C(=Nc2cc3c(s2)-c2cc4c(cc2C3(C(=O)OCc2ccccc2)C(=O)OCc2ccccc2)-c2sc(N=C3C(=O)c5ccccc5C3=C(C#N)C#N)cc2C4(C(=O)OCc2ccccc2)C(=O)OCc2ccccc2)C(=O)c2ccccc21. The summed E-state index contributed by atoms with van der Waals surface area (Å²) in [6.07, 6.45) is 0. The second-order valence-electron chi connectivity index (χ2n) is 21.0. The topological polar surface area (TPSA) is 259 Å². The van der Waals surface area contributed by atoms with Crippen LogP contribution in [0.2, 0.25) is 0 Å². The third kappa shape index (κ3) is 9.32. The molecule has 9 aromatic rings. The molecule has 4 aliphatic carbocycles. The first-order valence-electron chi connectivity index (χ1n) is 27.8. The van der Waals surface area contributed by atoms with Crippen molar-refractivity contribution in [3.8, 4) is 45.2 Å². The van der Waals surface area contributed by atoms with Crippen LogP contribution in [-0.2, 0) is 75.4 Å². The fraction of sp³-hybridized carbons (Fsp3) is 0.0833. The molecule has 0 N–H and O–H groups in total. The Morgan fingerprint density at radius 2 is 0.644 bits per heavy atom. The summed E-state index contributed by atoms with van der Waals surface area (Å²) in [6.45, 7) is -1.30. The number of hydrogen-bond acceptors (Lipinski definition) is 18. The number of Topliss-reactive ketones (excluding diaryl/α,β-unsaturated/α-hetero) is 2. The van der Waals surface area contributed by atoms with Gasteiger partial charge in [0.15, 0.2) is 0 Å². The third-order valence-corrected chi connectivity index (χ3v) is 18.1. The van der Waals surface area contributed by atoms with E-state index >= 15 is 19.2 Å². The minimum atomic E-state index is -2.55. The van der Waals surface area contributed by atoms with Crippen molar-refractivity contribution >= 4 is 90.7 Å². The van der Waals surface area contributed by atoms with Gasteiger partial charge in [-0.05, 0) is 79.9 Å². The summed E-state index contributed by atoms with van der Waals surface area (Å²) in [5.41, 5.74) is -2.93. The monoisotopic (exact) mass is 1210 g/mol. The standard InChI is InChI=1S/C72H40N6O10S2/c73-33-45(34-74)59-47-25-13-15-27-49(47)63(79)61(59)77-57-31-55-65(89-57)51-30-54-52(29-53(51)71(55,67(81)85-37-41-17-5-1-6-18-41)68(82)86-38-42-19-7-2-8-20-42)66-56(32-58(90-66)78-62-60(46(35-75)36-76)48-26-14-16-28-50(48)64(62)80)72(54,69(83)87-39-43-21-9-3-10-22-43)70(84)88-40-44-23-11-4-12-24-44/h1-32H,37-40H2. The van der Waals surface area contributed by atoms with Gasteiger partial charge in [0.1, 0.15) is 83.3 Å². The number of fused-ring (bicyclic) bond motifs is 8. The Balaban J connectivity index is 1.08. The van der Waals surface area contributed by atoms with Crippen molar-refractivity contribution in [2.45, 2.75) is 37.3 Å². The van der Waals surface area contributed by atoms with Crippen LogP contribution in [0.1, 0.15) is 76.4 Å². The van der Waals surface area contributed by atoms with E-state index in [1.165, 1.54) is 24.3 Å². The number of thiophene rings is 2. The van der Waals surface area contributed by atoms with Crippen molar-refractivity contribution < 1.29 is 47.7 Å². The lowest BCUT2D eigenvalue weighted by atomic mass is 9.75.